The number of hydrogen-bond donors (Lipinski definition) is 8. The van der Waals surface area contributed by atoms with Crippen molar-refractivity contribution < 1.29 is 48.6 Å². The smallest absolute Gasteiger partial charge is 0.225 e. The second-order valence-electron chi connectivity index (χ2n) is 19.4. The minimum atomic E-state index is -1.28. The number of nitrogens with one attached hydrogen (secondary N) is 3. The Morgan fingerprint density at radius 1 is 0.740 bits per heavy atom. The Morgan fingerprint density at radius 2 is 1.40 bits per heavy atom. The van der Waals surface area contributed by atoms with Gasteiger partial charge in [0.25, 0.3) is 0 Å². The Kier molecular flexibility index (Phi) is 23.1. The van der Waals surface area contributed by atoms with Gasteiger partial charge in [-0.25, -0.2) is 0 Å². The molecule has 0 saturated carbocycles. The molecular weight excluding hydrogens is 989 g/mol. The number of carbonyl (C=O) groups is 8. The predicted molar refractivity (Wildman–Crippen MR) is 287 cm³/mol. The topological polar surface area (TPSA) is 291 Å². The number of rotatable bonds is 19. The summed E-state index contributed by atoms with van der Waals surface area (Å²) < 4.78 is 0. The van der Waals surface area contributed by atoms with Crippen LogP contribution in [0.3, 0.4) is 0 Å². The van der Waals surface area contributed by atoms with Crippen LogP contribution in [0.1, 0.15) is 81.7 Å². The number of nitrogens with two attached hydrogens (primary N) is 3. The first-order valence-electron chi connectivity index (χ1n) is 24.8. The molecule has 2 heterocycles. The lowest BCUT2D eigenvalue weighted by molar-refractivity contribution is -0.136. The summed E-state index contributed by atoms with van der Waals surface area (Å²) in [6, 6.07) is 18.9. The fraction of sp³-hybridized carbons (Fsp3) is 0.481. The van der Waals surface area contributed by atoms with E-state index in [0.29, 0.717) is 24.9 Å². The molecule has 0 aliphatic carbocycles. The standard InChI is InChI=1S/C54H70N6O10S3/c1-31(2)41-27-49(65)44(12-6-7-19-55)58-52(68)37(24-40-11-8-20-71-40)25-48(64)45(23-33-14-17-39(62)18-15-33)59-53(69)38(26-47(63)43(56)22-34-13-16-35-9-4-5-10-36(35)21-34)29-72-73-30-46(60-54(41)70)50(66)28-42(32(3)61)51(57)67/h4-5,8-11,13-18,20-21,31-32,37-38,41-46,61-62H,6-7,12,19,22-30,55-56H2,1-3H3,(H2,57,67)(H,58,68)(H,59,69)(H,60,70)/t32?,37-,38-,41-,42-,43+,44-,45-,46-/m0/s1. The van der Waals surface area contributed by atoms with Gasteiger partial charge in [-0.2, -0.15) is 0 Å². The molecule has 5 rings (SSSR count). The molecule has 11 N–H and O–H groups in total. The zero-order valence-corrected chi connectivity index (χ0v) is 44.1. The normalized spacial score (nSPS) is 22.4. The summed E-state index contributed by atoms with van der Waals surface area (Å²) >= 11 is 1.40. The zero-order valence-electron chi connectivity index (χ0n) is 41.7. The van der Waals surface area contributed by atoms with Crippen LogP contribution in [-0.4, -0.2) is 105 Å². The molecule has 1 aliphatic rings. The number of amides is 4. The highest BCUT2D eigenvalue weighted by Crippen LogP contribution is 2.30. The molecule has 1 aliphatic heterocycles. The van der Waals surface area contributed by atoms with E-state index < -0.39 is 113 Å². The lowest BCUT2D eigenvalue weighted by Gasteiger charge is -2.28. The Hall–Kier alpha value is -5.44. The molecule has 0 spiro atoms. The van der Waals surface area contributed by atoms with Crippen LogP contribution >= 0.6 is 32.9 Å². The maximum atomic E-state index is 14.8. The van der Waals surface area contributed by atoms with Crippen LogP contribution in [0.5, 0.6) is 5.75 Å². The number of ketones is 4. The van der Waals surface area contributed by atoms with Crippen molar-refractivity contribution in [3.63, 3.8) is 0 Å². The number of benzene rings is 3. The highest BCUT2D eigenvalue weighted by Gasteiger charge is 2.37. The minimum absolute atomic E-state index is 0.00874. The molecule has 16 nitrogen and oxygen atoms in total. The van der Waals surface area contributed by atoms with Crippen LogP contribution in [0.4, 0.5) is 0 Å². The van der Waals surface area contributed by atoms with Gasteiger partial charge >= 0.3 is 0 Å². The quantitative estimate of drug-likeness (QED) is 0.0464. The van der Waals surface area contributed by atoms with Crippen LogP contribution in [0.25, 0.3) is 10.8 Å². The highest BCUT2D eigenvalue weighted by molar-refractivity contribution is 8.76. The largest absolute Gasteiger partial charge is 0.508 e. The van der Waals surface area contributed by atoms with Gasteiger partial charge in [-0.15, -0.1) is 11.3 Å². The van der Waals surface area contributed by atoms with E-state index in [1.807, 2.05) is 60.0 Å². The Labute approximate surface area is 438 Å². The van der Waals surface area contributed by atoms with Gasteiger partial charge < -0.3 is 43.4 Å². The second kappa shape index (κ2) is 28.9. The zero-order chi connectivity index (χ0) is 53.2. The summed E-state index contributed by atoms with van der Waals surface area (Å²) in [4.78, 5) is 114. The third-order valence-corrected chi connectivity index (χ3v) is 16.7. The van der Waals surface area contributed by atoms with Crippen molar-refractivity contribution in [2.45, 2.75) is 115 Å². The fourth-order valence-corrected chi connectivity index (χ4v) is 12.1. The maximum Gasteiger partial charge on any atom is 0.225 e. The van der Waals surface area contributed by atoms with Crippen LogP contribution < -0.4 is 33.2 Å². The molecule has 4 amide bonds. The van der Waals surface area contributed by atoms with Crippen LogP contribution in [0.2, 0.25) is 0 Å². The number of aliphatic hydroxyl groups excluding tert-OH is 1. The lowest BCUT2D eigenvalue weighted by atomic mass is 9.86. The van der Waals surface area contributed by atoms with Gasteiger partial charge in [0, 0.05) is 53.9 Å². The lowest BCUT2D eigenvalue weighted by Crippen LogP contribution is -2.50. The third kappa shape index (κ3) is 18.2. The molecule has 0 radical (unpaired) electrons. The average Bonchev–Trinajstić information content (AvgIpc) is 3.87. The van der Waals surface area contributed by atoms with Gasteiger partial charge in [-0.3, -0.25) is 38.4 Å². The number of phenolic OH excluding ortho intramolecular Hbond substituents is 1. The number of thiophene rings is 1. The van der Waals surface area contributed by atoms with Gasteiger partial charge in [0.2, 0.25) is 23.6 Å². The first-order valence-corrected chi connectivity index (χ1v) is 28.2. The van der Waals surface area contributed by atoms with E-state index in [0.717, 1.165) is 42.8 Å². The average molecular weight is 1060 g/mol. The number of unbranched alkanes of at least 4 members (excludes halogenated alkanes) is 1. The summed E-state index contributed by atoms with van der Waals surface area (Å²) in [5.41, 5.74) is 19.4. The second-order valence-corrected chi connectivity index (χ2v) is 22.9. The summed E-state index contributed by atoms with van der Waals surface area (Å²) in [6.07, 6.45) is -1.22. The van der Waals surface area contributed by atoms with Crippen molar-refractivity contribution in [2.75, 3.05) is 18.1 Å². The SMILES string of the molecule is CC(C)[C@@H]1CC(=O)[C@H](CCCCN)NC(=O)[C@@H](Cc2cccs2)CC(=O)[C@H](Cc2ccc(O)cc2)NC(=O)[C@@H](CC(=O)[C@H](N)Cc2ccc3ccccc3c2)CSSC[C@@H](C(=O)C[C@H](C(N)=O)C(C)O)NC1=O. The number of aliphatic hydroxyl groups is 1. The van der Waals surface area contributed by atoms with E-state index >= 15 is 0 Å². The van der Waals surface area contributed by atoms with E-state index in [4.69, 9.17) is 17.2 Å². The summed E-state index contributed by atoms with van der Waals surface area (Å²) in [5, 5.41) is 32.9. The molecule has 3 aromatic carbocycles. The number of hydrogen-bond acceptors (Lipinski definition) is 15. The van der Waals surface area contributed by atoms with E-state index in [2.05, 4.69) is 16.0 Å². The van der Waals surface area contributed by atoms with Crippen molar-refractivity contribution in [3.05, 3.63) is 100 Å². The van der Waals surface area contributed by atoms with Gasteiger partial charge in [0.1, 0.15) is 5.75 Å². The molecule has 394 valence electrons. The summed E-state index contributed by atoms with van der Waals surface area (Å²) in [7, 11) is 2.27. The molecule has 9 atom stereocenters. The van der Waals surface area contributed by atoms with Crippen molar-refractivity contribution in [1.29, 1.82) is 0 Å². The van der Waals surface area contributed by atoms with Gasteiger partial charge in [-0.1, -0.05) is 96.1 Å². The number of aromatic hydroxyl groups is 1. The molecule has 0 bridgehead atoms. The molecule has 1 unspecified atom stereocenters. The Bertz CT molecular complexity index is 2520. The number of Topliss-reactive ketones (excluding diaryl/α,β-unsaturated/α-hetero) is 4. The number of carbonyl (C=O) groups excluding carboxylic acids is 8. The molecule has 1 aromatic heterocycles. The van der Waals surface area contributed by atoms with Crippen LogP contribution in [0, 0.1) is 29.6 Å². The minimum Gasteiger partial charge on any atom is -0.508 e. The van der Waals surface area contributed by atoms with Crippen LogP contribution in [-0.2, 0) is 57.6 Å². The summed E-state index contributed by atoms with van der Waals surface area (Å²) in [5.74, 6) is -9.51. The molecule has 1 fully saturated rings. The number of primary amides is 1. The third-order valence-electron chi connectivity index (χ3n) is 13.3. The first kappa shape index (κ1) is 58.4. The van der Waals surface area contributed by atoms with Crippen molar-refractivity contribution in [2.24, 2.45) is 46.8 Å². The summed E-state index contributed by atoms with van der Waals surface area (Å²) in [6.45, 7) is 5.18. The highest BCUT2D eigenvalue weighted by atomic mass is 33.1. The molecular formula is C54H70N6O10S3. The predicted octanol–water partition coefficient (Wildman–Crippen LogP) is 4.76. The fourth-order valence-electron chi connectivity index (χ4n) is 8.77. The van der Waals surface area contributed by atoms with Crippen molar-refractivity contribution >= 4 is 90.5 Å². The van der Waals surface area contributed by atoms with Gasteiger partial charge in [0.15, 0.2) is 23.1 Å². The number of phenols is 1. The van der Waals surface area contributed by atoms with E-state index in [9.17, 15) is 48.6 Å². The maximum absolute atomic E-state index is 14.8. The van der Waals surface area contributed by atoms with Crippen molar-refractivity contribution in [3.8, 4) is 5.75 Å². The van der Waals surface area contributed by atoms with Gasteiger partial charge in [0.05, 0.1) is 42.1 Å². The molecule has 19 heteroatoms. The monoisotopic (exact) mass is 1060 g/mol. The van der Waals surface area contributed by atoms with E-state index in [1.54, 1.807) is 26.0 Å². The van der Waals surface area contributed by atoms with E-state index in [1.165, 1.54) is 30.4 Å². The molecule has 73 heavy (non-hydrogen) atoms. The Balaban J connectivity index is 1.54. The first-order chi connectivity index (χ1) is 34.8. The van der Waals surface area contributed by atoms with E-state index in [-0.39, 0.29) is 62.2 Å². The molecule has 1 saturated heterocycles. The van der Waals surface area contributed by atoms with Crippen molar-refractivity contribution in [1.82, 2.24) is 16.0 Å². The number of fused-ring (bicyclic) bond motifs is 1. The Morgan fingerprint density at radius 3 is 2.05 bits per heavy atom. The molecule has 4 aromatic rings. The van der Waals surface area contributed by atoms with Gasteiger partial charge in [-0.05, 0) is 103 Å². The van der Waals surface area contributed by atoms with Crippen LogP contribution in [0.15, 0.2) is 84.2 Å².